The third-order valence-corrected chi connectivity index (χ3v) is 3.33. The number of esters is 1. The second kappa shape index (κ2) is 7.78. The van der Waals surface area contributed by atoms with Crippen molar-refractivity contribution in [3.8, 4) is 0 Å². The lowest BCUT2D eigenvalue weighted by atomic mass is 10.1. The van der Waals surface area contributed by atoms with Gasteiger partial charge >= 0.3 is 5.97 Å². The van der Waals surface area contributed by atoms with Crippen LogP contribution in [-0.2, 0) is 4.74 Å². The molecule has 1 aromatic carbocycles. The van der Waals surface area contributed by atoms with Crippen molar-refractivity contribution in [2.75, 3.05) is 24.7 Å². The van der Waals surface area contributed by atoms with Crippen LogP contribution in [0.2, 0.25) is 0 Å². The average Bonchev–Trinajstić information content (AvgIpc) is 2.40. The molecule has 112 valence electrons. The lowest BCUT2D eigenvalue weighted by Crippen LogP contribution is -2.09. The van der Waals surface area contributed by atoms with Crippen LogP contribution in [0, 0.1) is 12.8 Å². The van der Waals surface area contributed by atoms with Crippen molar-refractivity contribution in [2.24, 2.45) is 5.92 Å². The number of aryl methyl sites for hydroxylation is 1. The van der Waals surface area contributed by atoms with Crippen LogP contribution in [-0.4, -0.2) is 19.6 Å². The Kier molecular flexibility index (Phi) is 6.36. The number of carbonyl (C=O) groups is 1. The standard InChI is InChI=1S/C16H26N2O2/c1-11(2)7-5-6-8-18-13-9-12(3)15(17)14(10-13)16(19)20-4/h9-11,18H,5-8,17H2,1-4H3. The molecule has 0 radical (unpaired) electrons. The summed E-state index contributed by atoms with van der Waals surface area (Å²) < 4.78 is 4.75. The van der Waals surface area contributed by atoms with Crippen LogP contribution in [0.5, 0.6) is 0 Å². The van der Waals surface area contributed by atoms with Gasteiger partial charge in [0.25, 0.3) is 0 Å². The molecule has 20 heavy (non-hydrogen) atoms. The van der Waals surface area contributed by atoms with E-state index in [0.29, 0.717) is 11.3 Å². The van der Waals surface area contributed by atoms with Crippen LogP contribution in [0.15, 0.2) is 12.1 Å². The summed E-state index contributed by atoms with van der Waals surface area (Å²) in [6.07, 6.45) is 3.58. The fourth-order valence-electron chi connectivity index (χ4n) is 2.09. The predicted octanol–water partition coefficient (Wildman–Crippen LogP) is 3.60. The van der Waals surface area contributed by atoms with Gasteiger partial charge in [0, 0.05) is 17.9 Å². The molecule has 0 fully saturated rings. The van der Waals surface area contributed by atoms with Crippen molar-refractivity contribution in [2.45, 2.75) is 40.0 Å². The first kappa shape index (κ1) is 16.3. The summed E-state index contributed by atoms with van der Waals surface area (Å²) in [5.74, 6) is 0.355. The first-order valence-electron chi connectivity index (χ1n) is 7.18. The number of hydrogen-bond donors (Lipinski definition) is 2. The number of benzene rings is 1. The largest absolute Gasteiger partial charge is 0.465 e. The summed E-state index contributed by atoms with van der Waals surface area (Å²) in [4.78, 5) is 11.7. The van der Waals surface area contributed by atoms with Crippen molar-refractivity contribution < 1.29 is 9.53 Å². The fourth-order valence-corrected chi connectivity index (χ4v) is 2.09. The quantitative estimate of drug-likeness (QED) is 0.454. The van der Waals surface area contributed by atoms with E-state index in [2.05, 4.69) is 19.2 Å². The van der Waals surface area contributed by atoms with Crippen molar-refractivity contribution in [3.63, 3.8) is 0 Å². The maximum atomic E-state index is 11.7. The molecule has 0 saturated heterocycles. The van der Waals surface area contributed by atoms with E-state index in [1.54, 1.807) is 6.07 Å². The Morgan fingerprint density at radius 2 is 2.05 bits per heavy atom. The molecule has 3 N–H and O–H groups in total. The van der Waals surface area contributed by atoms with Gasteiger partial charge in [0.2, 0.25) is 0 Å². The zero-order valence-electron chi connectivity index (χ0n) is 13.0. The minimum absolute atomic E-state index is 0.394. The van der Waals surface area contributed by atoms with Crippen LogP contribution in [0.3, 0.4) is 0 Å². The fraction of sp³-hybridized carbons (Fsp3) is 0.562. The number of ether oxygens (including phenoxy) is 1. The zero-order valence-corrected chi connectivity index (χ0v) is 13.0. The highest BCUT2D eigenvalue weighted by Crippen LogP contribution is 2.23. The van der Waals surface area contributed by atoms with E-state index in [-0.39, 0.29) is 0 Å². The monoisotopic (exact) mass is 278 g/mol. The summed E-state index contributed by atoms with van der Waals surface area (Å²) >= 11 is 0. The maximum absolute atomic E-state index is 11.7. The molecule has 0 aliphatic rings. The molecule has 1 aromatic rings. The van der Waals surface area contributed by atoms with Gasteiger partial charge in [0.1, 0.15) is 0 Å². The van der Waals surface area contributed by atoms with Gasteiger partial charge in [-0.15, -0.1) is 0 Å². The van der Waals surface area contributed by atoms with Crippen molar-refractivity contribution in [1.82, 2.24) is 0 Å². The van der Waals surface area contributed by atoms with Gasteiger partial charge in [-0.05, 0) is 37.0 Å². The molecule has 0 heterocycles. The van der Waals surface area contributed by atoms with Crippen molar-refractivity contribution in [3.05, 3.63) is 23.3 Å². The Hall–Kier alpha value is -1.71. The predicted molar refractivity (Wildman–Crippen MR) is 84.1 cm³/mol. The molecule has 0 aliphatic carbocycles. The van der Waals surface area contributed by atoms with Crippen LogP contribution < -0.4 is 11.1 Å². The van der Waals surface area contributed by atoms with Crippen LogP contribution >= 0.6 is 0 Å². The lowest BCUT2D eigenvalue weighted by Gasteiger charge is -2.12. The highest BCUT2D eigenvalue weighted by Gasteiger charge is 2.13. The van der Waals surface area contributed by atoms with Crippen LogP contribution in [0.4, 0.5) is 11.4 Å². The SMILES string of the molecule is COC(=O)c1cc(NCCCCC(C)C)cc(C)c1N. The van der Waals surface area contributed by atoms with E-state index >= 15 is 0 Å². The van der Waals surface area contributed by atoms with Crippen LogP contribution in [0.1, 0.15) is 49.0 Å². The Morgan fingerprint density at radius 1 is 1.35 bits per heavy atom. The Balaban J connectivity index is 2.62. The van der Waals surface area contributed by atoms with Gasteiger partial charge in [-0.25, -0.2) is 4.79 Å². The number of hydrogen-bond acceptors (Lipinski definition) is 4. The van der Waals surface area contributed by atoms with E-state index in [4.69, 9.17) is 10.5 Å². The first-order valence-corrected chi connectivity index (χ1v) is 7.18. The number of methoxy groups -OCH3 is 1. The maximum Gasteiger partial charge on any atom is 0.340 e. The Labute approximate surface area is 121 Å². The molecule has 4 heteroatoms. The highest BCUT2D eigenvalue weighted by atomic mass is 16.5. The van der Waals surface area contributed by atoms with E-state index < -0.39 is 5.97 Å². The third kappa shape index (κ3) is 4.76. The van der Waals surface area contributed by atoms with E-state index in [0.717, 1.165) is 30.1 Å². The smallest absolute Gasteiger partial charge is 0.340 e. The molecular formula is C16H26N2O2. The summed E-state index contributed by atoms with van der Waals surface area (Å²) in [7, 11) is 1.36. The number of carbonyl (C=O) groups excluding carboxylic acids is 1. The zero-order chi connectivity index (χ0) is 15.1. The molecule has 0 spiro atoms. The van der Waals surface area contributed by atoms with Crippen molar-refractivity contribution >= 4 is 17.3 Å². The van der Waals surface area contributed by atoms with Gasteiger partial charge in [-0.3, -0.25) is 0 Å². The Morgan fingerprint density at radius 3 is 2.65 bits per heavy atom. The molecule has 0 bridgehead atoms. The number of anilines is 2. The highest BCUT2D eigenvalue weighted by molar-refractivity contribution is 5.97. The number of nitrogens with one attached hydrogen (secondary N) is 1. The number of unbranched alkanes of at least 4 members (excludes halogenated alkanes) is 1. The Bertz CT molecular complexity index is 456. The summed E-state index contributed by atoms with van der Waals surface area (Å²) in [5.41, 5.74) is 8.63. The lowest BCUT2D eigenvalue weighted by molar-refractivity contribution is 0.0602. The molecule has 0 unspecified atom stereocenters. The molecule has 0 aromatic heterocycles. The number of nitrogens with two attached hydrogens (primary N) is 1. The molecule has 0 amide bonds. The van der Waals surface area contributed by atoms with Gasteiger partial charge in [-0.1, -0.05) is 26.7 Å². The van der Waals surface area contributed by atoms with Gasteiger partial charge in [0.05, 0.1) is 12.7 Å². The number of nitrogen functional groups attached to an aromatic ring is 1. The third-order valence-electron chi connectivity index (χ3n) is 3.33. The number of rotatable bonds is 7. The molecule has 4 nitrogen and oxygen atoms in total. The van der Waals surface area contributed by atoms with Gasteiger partial charge < -0.3 is 15.8 Å². The first-order chi connectivity index (χ1) is 9.45. The normalized spacial score (nSPS) is 10.7. The molecule has 0 aliphatic heterocycles. The molecular weight excluding hydrogens is 252 g/mol. The molecule has 0 atom stereocenters. The second-order valence-electron chi connectivity index (χ2n) is 5.56. The van der Waals surface area contributed by atoms with Crippen LogP contribution in [0.25, 0.3) is 0 Å². The minimum atomic E-state index is -0.394. The second-order valence-corrected chi connectivity index (χ2v) is 5.56. The van der Waals surface area contributed by atoms with Gasteiger partial charge in [0.15, 0.2) is 0 Å². The summed E-state index contributed by atoms with van der Waals surface area (Å²) in [5, 5.41) is 3.34. The molecule has 1 rings (SSSR count). The molecule has 0 saturated carbocycles. The van der Waals surface area contributed by atoms with Gasteiger partial charge in [-0.2, -0.15) is 0 Å². The van der Waals surface area contributed by atoms with Crippen molar-refractivity contribution in [1.29, 1.82) is 0 Å². The van der Waals surface area contributed by atoms with E-state index in [9.17, 15) is 4.79 Å². The summed E-state index contributed by atoms with van der Waals surface area (Å²) in [6.45, 7) is 7.27. The van der Waals surface area contributed by atoms with E-state index in [1.807, 2.05) is 13.0 Å². The average molecular weight is 278 g/mol. The van der Waals surface area contributed by atoms with E-state index in [1.165, 1.54) is 20.0 Å². The summed E-state index contributed by atoms with van der Waals surface area (Å²) in [6, 6.07) is 3.72. The minimum Gasteiger partial charge on any atom is -0.465 e. The topological polar surface area (TPSA) is 64.3 Å².